The molecule has 0 radical (unpaired) electrons. The molecular weight excluding hydrogens is 253 g/mol. The smallest absolute Gasteiger partial charge is 0.389 e. The highest BCUT2D eigenvalue weighted by Gasteiger charge is 2.25. The minimum Gasteiger partial charge on any atom is -0.480 e. The molecule has 0 aromatic carbocycles. The van der Waals surface area contributed by atoms with Gasteiger partial charge < -0.3 is 5.11 Å². The fourth-order valence-corrected chi connectivity index (χ4v) is 2.40. The number of aliphatic carboxylic acids is 1. The van der Waals surface area contributed by atoms with Gasteiger partial charge in [-0.3, -0.25) is 4.79 Å². The number of hydrogen-bond donors (Lipinski definition) is 1. The molecule has 0 rings (SSSR count). The third-order valence-corrected chi connectivity index (χ3v) is 3.78. The normalized spacial score (nSPS) is 13.6. The highest BCUT2D eigenvalue weighted by atomic mass is 32.2. The summed E-state index contributed by atoms with van der Waals surface area (Å²) in [6, 6.07) is 0. The van der Waals surface area contributed by atoms with Crippen LogP contribution in [0.25, 0.3) is 0 Å². The summed E-state index contributed by atoms with van der Waals surface area (Å²) in [5.41, 5.74) is 0. The number of thioether (sulfide) groups is 1. The number of carbonyl (C=O) groups is 1. The minimum absolute atomic E-state index is 0.171. The maximum Gasteiger partial charge on any atom is 0.389 e. The minimum atomic E-state index is -4.05. The van der Waals surface area contributed by atoms with Crippen molar-refractivity contribution in [2.45, 2.75) is 56.9 Å². The molecule has 0 aliphatic heterocycles. The Morgan fingerprint density at radius 2 is 1.82 bits per heavy atom. The van der Waals surface area contributed by atoms with E-state index in [1.807, 2.05) is 6.92 Å². The molecule has 0 bridgehead atoms. The van der Waals surface area contributed by atoms with Gasteiger partial charge in [-0.05, 0) is 25.0 Å². The molecule has 0 heterocycles. The van der Waals surface area contributed by atoms with Crippen molar-refractivity contribution >= 4 is 17.7 Å². The summed E-state index contributed by atoms with van der Waals surface area (Å²) in [6.07, 6.45) is -1.94. The quantitative estimate of drug-likeness (QED) is 0.642. The van der Waals surface area contributed by atoms with Gasteiger partial charge in [0.2, 0.25) is 0 Å². The Labute approximate surface area is 104 Å². The molecule has 0 spiro atoms. The van der Waals surface area contributed by atoms with Crippen molar-refractivity contribution in [1.29, 1.82) is 0 Å². The summed E-state index contributed by atoms with van der Waals surface area (Å²) < 4.78 is 35.4. The first-order valence-corrected chi connectivity index (χ1v) is 6.83. The number of carboxylic acid groups (broad SMARTS) is 1. The predicted molar refractivity (Wildman–Crippen MR) is 63.3 cm³/mol. The van der Waals surface area contributed by atoms with Gasteiger partial charge in [0.25, 0.3) is 0 Å². The molecule has 102 valence electrons. The van der Waals surface area contributed by atoms with Crippen LogP contribution in [0.3, 0.4) is 0 Å². The van der Waals surface area contributed by atoms with Crippen molar-refractivity contribution < 1.29 is 23.1 Å². The molecule has 0 saturated carbocycles. The van der Waals surface area contributed by atoms with Crippen molar-refractivity contribution in [1.82, 2.24) is 0 Å². The number of carboxylic acids is 1. The Kier molecular flexibility index (Phi) is 8.47. The predicted octanol–water partition coefficient (Wildman–Crippen LogP) is 4.10. The van der Waals surface area contributed by atoms with Crippen LogP contribution < -0.4 is 0 Å². The van der Waals surface area contributed by atoms with Gasteiger partial charge in [-0.1, -0.05) is 19.8 Å². The molecule has 1 unspecified atom stereocenters. The Balaban J connectivity index is 3.38. The molecule has 0 aliphatic rings. The van der Waals surface area contributed by atoms with E-state index >= 15 is 0 Å². The average molecular weight is 272 g/mol. The number of alkyl halides is 3. The molecule has 0 fully saturated rings. The lowest BCUT2D eigenvalue weighted by molar-refractivity contribution is -0.137. The van der Waals surface area contributed by atoms with Gasteiger partial charge in [-0.2, -0.15) is 13.2 Å². The number of unbranched alkanes of at least 4 members (excludes halogenated alkanes) is 3. The zero-order chi connectivity index (χ0) is 13.3. The van der Waals surface area contributed by atoms with E-state index in [0.717, 1.165) is 12.8 Å². The molecule has 1 atom stereocenters. The molecule has 0 aliphatic carbocycles. The second kappa shape index (κ2) is 8.66. The van der Waals surface area contributed by atoms with Gasteiger partial charge in [0, 0.05) is 6.42 Å². The molecule has 0 saturated heterocycles. The van der Waals surface area contributed by atoms with Gasteiger partial charge in [0.15, 0.2) is 0 Å². The van der Waals surface area contributed by atoms with Crippen LogP contribution in [-0.2, 0) is 4.79 Å². The fraction of sp³-hybridized carbons (Fsp3) is 0.909. The van der Waals surface area contributed by atoms with Crippen LogP contribution in [0.2, 0.25) is 0 Å². The second-order valence-electron chi connectivity index (χ2n) is 3.89. The van der Waals surface area contributed by atoms with Crippen LogP contribution >= 0.6 is 11.8 Å². The van der Waals surface area contributed by atoms with Gasteiger partial charge in [0.05, 0.1) is 0 Å². The van der Waals surface area contributed by atoms with Crippen LogP contribution in [-0.4, -0.2) is 28.3 Å². The van der Waals surface area contributed by atoms with Crippen molar-refractivity contribution in [2.24, 2.45) is 0 Å². The van der Waals surface area contributed by atoms with Gasteiger partial charge in [-0.25, -0.2) is 0 Å². The van der Waals surface area contributed by atoms with Crippen molar-refractivity contribution in [3.63, 3.8) is 0 Å². The Hall–Kier alpha value is -0.390. The van der Waals surface area contributed by atoms with Crippen LogP contribution in [0.4, 0.5) is 13.2 Å². The molecule has 2 nitrogen and oxygen atoms in total. The molecule has 0 aromatic heterocycles. The topological polar surface area (TPSA) is 37.3 Å². The van der Waals surface area contributed by atoms with E-state index in [0.29, 0.717) is 18.6 Å². The molecule has 6 heteroatoms. The van der Waals surface area contributed by atoms with E-state index in [1.54, 1.807) is 0 Å². The monoisotopic (exact) mass is 272 g/mol. The number of halogens is 3. The van der Waals surface area contributed by atoms with Crippen LogP contribution in [0.15, 0.2) is 0 Å². The van der Waals surface area contributed by atoms with Crippen LogP contribution in [0.5, 0.6) is 0 Å². The Bertz CT molecular complexity index is 219. The molecular formula is C11H19F3O2S. The standard InChI is InChI=1S/C11H19F3O2S/c1-2-9(10(15)16)17-8-6-4-3-5-7-11(12,13)14/h9H,2-8H2,1H3,(H,15,16). The average Bonchev–Trinajstić information content (AvgIpc) is 2.20. The Morgan fingerprint density at radius 1 is 1.24 bits per heavy atom. The third-order valence-electron chi connectivity index (χ3n) is 2.32. The first kappa shape index (κ1) is 16.6. The zero-order valence-electron chi connectivity index (χ0n) is 9.92. The van der Waals surface area contributed by atoms with E-state index in [1.165, 1.54) is 11.8 Å². The van der Waals surface area contributed by atoms with Crippen molar-refractivity contribution in [2.75, 3.05) is 5.75 Å². The van der Waals surface area contributed by atoms with E-state index < -0.39 is 18.6 Å². The molecule has 1 N–H and O–H groups in total. The van der Waals surface area contributed by atoms with E-state index in [9.17, 15) is 18.0 Å². The lowest BCUT2D eigenvalue weighted by atomic mass is 10.1. The van der Waals surface area contributed by atoms with Crippen LogP contribution in [0, 0.1) is 0 Å². The summed E-state index contributed by atoms with van der Waals surface area (Å²) >= 11 is 1.37. The summed E-state index contributed by atoms with van der Waals surface area (Å²) in [4.78, 5) is 10.7. The summed E-state index contributed by atoms with van der Waals surface area (Å²) in [6.45, 7) is 1.81. The third kappa shape index (κ3) is 10.5. The highest BCUT2D eigenvalue weighted by molar-refractivity contribution is 8.00. The first-order chi connectivity index (χ1) is 7.87. The number of hydrogen-bond acceptors (Lipinski definition) is 2. The molecule has 0 aromatic rings. The maximum absolute atomic E-state index is 11.8. The maximum atomic E-state index is 11.8. The second-order valence-corrected chi connectivity index (χ2v) is 5.20. The van der Waals surface area contributed by atoms with Crippen molar-refractivity contribution in [3.05, 3.63) is 0 Å². The van der Waals surface area contributed by atoms with E-state index in [2.05, 4.69) is 0 Å². The lowest BCUT2D eigenvalue weighted by Crippen LogP contribution is -2.15. The molecule has 0 amide bonds. The SMILES string of the molecule is CCC(SCCCCCCC(F)(F)F)C(=O)O. The zero-order valence-corrected chi connectivity index (χ0v) is 10.7. The van der Waals surface area contributed by atoms with E-state index in [-0.39, 0.29) is 11.7 Å². The molecule has 17 heavy (non-hydrogen) atoms. The Morgan fingerprint density at radius 3 is 2.29 bits per heavy atom. The van der Waals surface area contributed by atoms with Gasteiger partial charge >= 0.3 is 12.1 Å². The van der Waals surface area contributed by atoms with E-state index in [4.69, 9.17) is 5.11 Å². The lowest BCUT2D eigenvalue weighted by Gasteiger charge is -2.09. The number of rotatable bonds is 9. The highest BCUT2D eigenvalue weighted by Crippen LogP contribution is 2.23. The summed E-state index contributed by atoms with van der Waals surface area (Å²) in [5, 5.41) is 8.37. The first-order valence-electron chi connectivity index (χ1n) is 5.78. The van der Waals surface area contributed by atoms with Gasteiger partial charge in [0.1, 0.15) is 5.25 Å². The van der Waals surface area contributed by atoms with Crippen LogP contribution in [0.1, 0.15) is 45.4 Å². The fourth-order valence-electron chi connectivity index (χ4n) is 1.37. The largest absolute Gasteiger partial charge is 0.480 e. The summed E-state index contributed by atoms with van der Waals surface area (Å²) in [5.74, 6) is -0.105. The van der Waals surface area contributed by atoms with Gasteiger partial charge in [-0.15, -0.1) is 11.8 Å². The summed E-state index contributed by atoms with van der Waals surface area (Å²) in [7, 11) is 0. The van der Waals surface area contributed by atoms with Crippen molar-refractivity contribution in [3.8, 4) is 0 Å².